The van der Waals surface area contributed by atoms with Gasteiger partial charge in [-0.15, -0.1) is 0 Å². The first-order valence-corrected chi connectivity index (χ1v) is 9.20. The maximum absolute atomic E-state index is 13.0. The third-order valence-electron chi connectivity index (χ3n) is 3.91. The van der Waals surface area contributed by atoms with Crippen molar-refractivity contribution >= 4 is 7.82 Å². The number of hydrogen-bond donors (Lipinski definition) is 0. The highest BCUT2D eigenvalue weighted by Gasteiger charge is 2.41. The van der Waals surface area contributed by atoms with Gasteiger partial charge >= 0.3 is 7.82 Å². The molecular formula is C18H23O4P. The average molecular weight is 334 g/mol. The van der Waals surface area contributed by atoms with Gasteiger partial charge in [0.1, 0.15) is 11.4 Å². The van der Waals surface area contributed by atoms with Crippen LogP contribution in [0.4, 0.5) is 0 Å². The Labute approximate surface area is 138 Å². The van der Waals surface area contributed by atoms with Crippen molar-refractivity contribution in [2.45, 2.75) is 32.3 Å². The Morgan fingerprint density at radius 2 is 1.43 bits per heavy atom. The topological polar surface area (TPSA) is 44.8 Å². The number of phosphoric ester groups is 1. The molecule has 2 aromatic carbocycles. The van der Waals surface area contributed by atoms with Gasteiger partial charge in [-0.1, -0.05) is 62.4 Å². The molecule has 0 amide bonds. The summed E-state index contributed by atoms with van der Waals surface area (Å²) >= 11 is 0. The average Bonchev–Trinajstić information content (AvgIpc) is 2.61. The van der Waals surface area contributed by atoms with Gasteiger partial charge in [-0.3, -0.25) is 9.05 Å². The van der Waals surface area contributed by atoms with E-state index in [1.54, 1.807) is 24.3 Å². The van der Waals surface area contributed by atoms with Crippen molar-refractivity contribution in [1.29, 1.82) is 0 Å². The van der Waals surface area contributed by atoms with Crippen molar-refractivity contribution in [3.05, 3.63) is 66.2 Å². The predicted molar refractivity (Wildman–Crippen MR) is 91.5 cm³/mol. The zero-order valence-corrected chi connectivity index (χ0v) is 14.7. The summed E-state index contributed by atoms with van der Waals surface area (Å²) < 4.78 is 29.6. The maximum atomic E-state index is 13.0. The van der Waals surface area contributed by atoms with E-state index in [-0.39, 0.29) is 0 Å². The Hall–Kier alpha value is -1.61. The van der Waals surface area contributed by atoms with Crippen molar-refractivity contribution in [1.82, 2.24) is 0 Å². The van der Waals surface area contributed by atoms with Crippen LogP contribution in [0.25, 0.3) is 0 Å². The number of rotatable bonds is 8. The maximum Gasteiger partial charge on any atom is 0.530 e. The minimum Gasteiger partial charge on any atom is -0.404 e. The first-order valence-electron chi connectivity index (χ1n) is 7.74. The fourth-order valence-corrected chi connectivity index (χ4v) is 3.86. The second-order valence-electron chi connectivity index (χ2n) is 5.19. The third-order valence-corrected chi connectivity index (χ3v) is 5.37. The first kappa shape index (κ1) is 17.7. The van der Waals surface area contributed by atoms with Gasteiger partial charge in [0.2, 0.25) is 0 Å². The van der Waals surface area contributed by atoms with Gasteiger partial charge in [0.25, 0.3) is 0 Å². The van der Waals surface area contributed by atoms with Crippen LogP contribution >= 0.6 is 7.82 Å². The Morgan fingerprint density at radius 1 is 0.913 bits per heavy atom. The van der Waals surface area contributed by atoms with E-state index < -0.39 is 13.4 Å². The summed E-state index contributed by atoms with van der Waals surface area (Å²) in [7, 11) is -2.40. The van der Waals surface area contributed by atoms with Crippen LogP contribution in [0.1, 0.15) is 32.3 Å². The Kier molecular flexibility index (Phi) is 6.00. The normalized spacial score (nSPS) is 14.2. The van der Waals surface area contributed by atoms with Gasteiger partial charge < -0.3 is 4.52 Å². The molecule has 2 rings (SSSR count). The fourth-order valence-electron chi connectivity index (χ4n) is 2.50. The monoisotopic (exact) mass is 334 g/mol. The van der Waals surface area contributed by atoms with Crippen LogP contribution in [-0.4, -0.2) is 7.11 Å². The zero-order chi connectivity index (χ0) is 16.8. The van der Waals surface area contributed by atoms with E-state index >= 15 is 0 Å². The SMILES string of the molecule is CCC(CC)(OP(=O)(OC)Oc1ccccc1)c1ccccc1. The molecule has 0 aliphatic heterocycles. The lowest BCUT2D eigenvalue weighted by molar-refractivity contribution is 0.0200. The summed E-state index contributed by atoms with van der Waals surface area (Å²) in [5.74, 6) is 0.451. The van der Waals surface area contributed by atoms with Gasteiger partial charge in [0.15, 0.2) is 0 Å². The second-order valence-corrected chi connectivity index (χ2v) is 6.82. The van der Waals surface area contributed by atoms with E-state index in [4.69, 9.17) is 13.6 Å². The Balaban J connectivity index is 2.31. The van der Waals surface area contributed by atoms with Gasteiger partial charge in [-0.25, -0.2) is 4.57 Å². The molecule has 0 N–H and O–H groups in total. The van der Waals surface area contributed by atoms with Crippen molar-refractivity contribution < 1.29 is 18.1 Å². The van der Waals surface area contributed by atoms with Gasteiger partial charge in [0, 0.05) is 7.11 Å². The lowest BCUT2D eigenvalue weighted by Gasteiger charge is -2.34. The summed E-state index contributed by atoms with van der Waals surface area (Å²) in [6.07, 6.45) is 1.30. The summed E-state index contributed by atoms with van der Waals surface area (Å²) in [5, 5.41) is 0. The molecule has 0 aromatic heterocycles. The molecule has 124 valence electrons. The van der Waals surface area contributed by atoms with Crippen LogP contribution in [-0.2, 0) is 19.2 Å². The van der Waals surface area contributed by atoms with E-state index in [0.717, 1.165) is 5.56 Å². The highest BCUT2D eigenvalue weighted by atomic mass is 31.2. The van der Waals surface area contributed by atoms with E-state index in [0.29, 0.717) is 18.6 Å². The lowest BCUT2D eigenvalue weighted by atomic mass is 9.89. The van der Waals surface area contributed by atoms with Crippen molar-refractivity contribution in [3.8, 4) is 5.75 Å². The number of hydrogen-bond acceptors (Lipinski definition) is 4. The standard InChI is InChI=1S/C18H23O4P/c1-4-18(5-2,16-12-8-6-9-13-16)22-23(19,20-3)21-17-14-10-7-11-15-17/h6-15H,4-5H2,1-3H3. The smallest absolute Gasteiger partial charge is 0.404 e. The molecule has 0 spiro atoms. The fraction of sp³-hybridized carbons (Fsp3) is 0.333. The van der Waals surface area contributed by atoms with Crippen molar-refractivity contribution in [2.24, 2.45) is 0 Å². The van der Waals surface area contributed by atoms with E-state index in [1.807, 2.05) is 50.2 Å². The molecular weight excluding hydrogens is 311 g/mol. The number of para-hydroxylation sites is 1. The van der Waals surface area contributed by atoms with Gasteiger partial charge in [-0.2, -0.15) is 0 Å². The first-order chi connectivity index (χ1) is 11.1. The molecule has 1 atom stereocenters. The van der Waals surface area contributed by atoms with Gasteiger partial charge in [0.05, 0.1) is 0 Å². The molecule has 0 fully saturated rings. The minimum atomic E-state index is -3.74. The minimum absolute atomic E-state index is 0.451. The zero-order valence-electron chi connectivity index (χ0n) is 13.8. The molecule has 0 bridgehead atoms. The Morgan fingerprint density at radius 3 is 1.91 bits per heavy atom. The molecule has 1 unspecified atom stereocenters. The number of benzene rings is 2. The molecule has 2 aromatic rings. The summed E-state index contributed by atoms with van der Waals surface area (Å²) in [4.78, 5) is 0. The van der Waals surface area contributed by atoms with Crippen LogP contribution in [0.2, 0.25) is 0 Å². The third kappa shape index (κ3) is 4.23. The molecule has 0 saturated heterocycles. The van der Waals surface area contributed by atoms with Crippen molar-refractivity contribution in [2.75, 3.05) is 7.11 Å². The van der Waals surface area contributed by atoms with Crippen LogP contribution in [0.3, 0.4) is 0 Å². The lowest BCUT2D eigenvalue weighted by Crippen LogP contribution is -2.28. The largest absolute Gasteiger partial charge is 0.530 e. The molecule has 5 heteroatoms. The molecule has 0 saturated carbocycles. The van der Waals surface area contributed by atoms with E-state index in [1.165, 1.54) is 7.11 Å². The number of phosphoric acid groups is 1. The quantitative estimate of drug-likeness (QED) is 0.594. The summed E-state index contributed by atoms with van der Waals surface area (Å²) in [6, 6.07) is 18.7. The van der Waals surface area contributed by atoms with Crippen molar-refractivity contribution in [3.63, 3.8) is 0 Å². The van der Waals surface area contributed by atoms with Crippen LogP contribution < -0.4 is 4.52 Å². The summed E-state index contributed by atoms with van der Waals surface area (Å²) in [6.45, 7) is 4.00. The Bertz CT molecular complexity index is 639. The highest BCUT2D eigenvalue weighted by molar-refractivity contribution is 7.48. The van der Waals surface area contributed by atoms with Gasteiger partial charge in [-0.05, 0) is 30.5 Å². The summed E-state index contributed by atoms with van der Waals surface area (Å²) in [5.41, 5.74) is 0.237. The predicted octanol–water partition coefficient (Wildman–Crippen LogP) is 5.55. The van der Waals surface area contributed by atoms with Crippen LogP contribution in [0.15, 0.2) is 60.7 Å². The molecule has 0 heterocycles. The molecule has 0 radical (unpaired) electrons. The second kappa shape index (κ2) is 7.78. The molecule has 4 nitrogen and oxygen atoms in total. The molecule has 0 aliphatic carbocycles. The van der Waals surface area contributed by atoms with E-state index in [2.05, 4.69) is 0 Å². The van der Waals surface area contributed by atoms with E-state index in [9.17, 15) is 4.57 Å². The molecule has 0 aliphatic rings. The highest BCUT2D eigenvalue weighted by Crippen LogP contribution is 2.55. The molecule has 23 heavy (non-hydrogen) atoms. The van der Waals surface area contributed by atoms with Crippen LogP contribution in [0, 0.1) is 0 Å². The van der Waals surface area contributed by atoms with Crippen LogP contribution in [0.5, 0.6) is 5.75 Å².